The van der Waals surface area contributed by atoms with E-state index in [1.54, 1.807) is 6.20 Å². The third-order valence-corrected chi connectivity index (χ3v) is 3.47. The Balaban J connectivity index is 1.87. The lowest BCUT2D eigenvalue weighted by molar-refractivity contribution is 0.660. The van der Waals surface area contributed by atoms with Crippen molar-refractivity contribution in [2.45, 2.75) is 25.2 Å². The monoisotopic (exact) mass is 225 g/mol. The number of hydrogen-bond donors (Lipinski definition) is 1. The molecule has 0 saturated carbocycles. The smallest absolute Gasteiger partial charge is 0.126 e. The zero-order valence-corrected chi connectivity index (χ0v) is 9.63. The number of anilines is 1. The van der Waals surface area contributed by atoms with Gasteiger partial charge in [-0.2, -0.15) is 0 Å². The maximum absolute atomic E-state index is 5.89. The fraction of sp³-hybridized carbons (Fsp3) is 0.286. The van der Waals surface area contributed by atoms with Crippen LogP contribution in [0.2, 0.25) is 0 Å². The molecule has 0 amide bonds. The molecule has 0 spiro atoms. The molecule has 3 heteroatoms. The van der Waals surface area contributed by atoms with Gasteiger partial charge in [0.1, 0.15) is 5.82 Å². The second-order valence-electron chi connectivity index (χ2n) is 4.54. The third-order valence-electron chi connectivity index (χ3n) is 3.47. The van der Waals surface area contributed by atoms with Gasteiger partial charge >= 0.3 is 0 Å². The zero-order valence-electron chi connectivity index (χ0n) is 9.63. The SMILES string of the molecule is Nc1ncccc1CC1CCc2cccnc21. The summed E-state index contributed by atoms with van der Waals surface area (Å²) in [5.74, 6) is 1.15. The van der Waals surface area contributed by atoms with Crippen LogP contribution in [0.15, 0.2) is 36.7 Å². The van der Waals surface area contributed by atoms with Crippen molar-refractivity contribution in [1.29, 1.82) is 0 Å². The van der Waals surface area contributed by atoms with Crippen LogP contribution in [-0.2, 0) is 12.8 Å². The van der Waals surface area contributed by atoms with Crippen LogP contribution in [0.1, 0.15) is 29.2 Å². The van der Waals surface area contributed by atoms with Gasteiger partial charge < -0.3 is 5.73 Å². The molecular weight excluding hydrogens is 210 g/mol. The normalized spacial score (nSPS) is 18.0. The van der Waals surface area contributed by atoms with E-state index in [0.29, 0.717) is 11.7 Å². The lowest BCUT2D eigenvalue weighted by Gasteiger charge is -2.11. The first kappa shape index (κ1) is 10.3. The van der Waals surface area contributed by atoms with Gasteiger partial charge in [-0.25, -0.2) is 4.98 Å². The van der Waals surface area contributed by atoms with Crippen molar-refractivity contribution in [2.75, 3.05) is 5.73 Å². The van der Waals surface area contributed by atoms with Crippen molar-refractivity contribution in [1.82, 2.24) is 9.97 Å². The molecule has 0 bridgehead atoms. The van der Waals surface area contributed by atoms with Gasteiger partial charge in [-0.1, -0.05) is 12.1 Å². The molecule has 2 aromatic rings. The maximum Gasteiger partial charge on any atom is 0.126 e. The van der Waals surface area contributed by atoms with E-state index in [1.807, 2.05) is 18.3 Å². The molecule has 1 atom stereocenters. The summed E-state index contributed by atoms with van der Waals surface area (Å²) in [7, 11) is 0. The Hall–Kier alpha value is -1.90. The first-order valence-electron chi connectivity index (χ1n) is 5.98. The topological polar surface area (TPSA) is 51.8 Å². The second kappa shape index (κ2) is 4.17. The highest BCUT2D eigenvalue weighted by Crippen LogP contribution is 2.34. The summed E-state index contributed by atoms with van der Waals surface area (Å²) in [6, 6.07) is 8.19. The summed E-state index contributed by atoms with van der Waals surface area (Å²) in [6.07, 6.45) is 6.86. The van der Waals surface area contributed by atoms with E-state index in [1.165, 1.54) is 17.7 Å². The second-order valence-corrected chi connectivity index (χ2v) is 4.54. The molecule has 3 rings (SSSR count). The van der Waals surface area contributed by atoms with E-state index in [4.69, 9.17) is 5.73 Å². The number of aromatic nitrogens is 2. The first-order valence-corrected chi connectivity index (χ1v) is 5.98. The van der Waals surface area contributed by atoms with Gasteiger partial charge in [0.2, 0.25) is 0 Å². The van der Waals surface area contributed by atoms with Crippen LogP contribution < -0.4 is 5.73 Å². The van der Waals surface area contributed by atoms with Gasteiger partial charge in [-0.05, 0) is 42.5 Å². The summed E-state index contributed by atoms with van der Waals surface area (Å²) in [5.41, 5.74) is 9.66. The fourth-order valence-corrected chi connectivity index (χ4v) is 2.58. The molecule has 17 heavy (non-hydrogen) atoms. The fourth-order valence-electron chi connectivity index (χ4n) is 2.58. The summed E-state index contributed by atoms with van der Waals surface area (Å²) >= 11 is 0. The van der Waals surface area contributed by atoms with Crippen molar-refractivity contribution in [3.8, 4) is 0 Å². The molecule has 1 aliphatic rings. The largest absolute Gasteiger partial charge is 0.383 e. The van der Waals surface area contributed by atoms with E-state index in [9.17, 15) is 0 Å². The first-order chi connectivity index (χ1) is 8.34. The molecule has 1 unspecified atom stereocenters. The maximum atomic E-state index is 5.89. The number of nitrogens with two attached hydrogens (primary N) is 1. The standard InChI is InChI=1S/C14H15N3/c15-14-12(4-2-8-17-14)9-11-6-5-10-3-1-7-16-13(10)11/h1-4,7-8,11H,5-6,9H2,(H2,15,17). The van der Waals surface area contributed by atoms with Crippen LogP contribution in [0.25, 0.3) is 0 Å². The minimum atomic E-state index is 0.498. The number of rotatable bonds is 2. The number of hydrogen-bond acceptors (Lipinski definition) is 3. The number of nitrogens with zero attached hydrogens (tertiary/aromatic N) is 2. The Morgan fingerprint density at radius 1 is 1.18 bits per heavy atom. The van der Waals surface area contributed by atoms with Crippen LogP contribution in [-0.4, -0.2) is 9.97 Å². The van der Waals surface area contributed by atoms with Gasteiger partial charge in [0, 0.05) is 24.0 Å². The summed E-state index contributed by atoms with van der Waals surface area (Å²) in [6.45, 7) is 0. The van der Waals surface area contributed by atoms with Crippen molar-refractivity contribution < 1.29 is 0 Å². The molecule has 0 saturated heterocycles. The van der Waals surface area contributed by atoms with Crippen LogP contribution in [0.5, 0.6) is 0 Å². The highest BCUT2D eigenvalue weighted by atomic mass is 14.8. The zero-order chi connectivity index (χ0) is 11.7. The Labute approximate surface area is 101 Å². The van der Waals surface area contributed by atoms with E-state index in [2.05, 4.69) is 22.1 Å². The minimum Gasteiger partial charge on any atom is -0.383 e. The van der Waals surface area contributed by atoms with Crippen LogP contribution in [0.3, 0.4) is 0 Å². The molecule has 2 aromatic heterocycles. The Morgan fingerprint density at radius 2 is 2.00 bits per heavy atom. The number of fused-ring (bicyclic) bond motifs is 1. The highest BCUT2D eigenvalue weighted by Gasteiger charge is 2.24. The van der Waals surface area contributed by atoms with Crippen LogP contribution in [0, 0.1) is 0 Å². The van der Waals surface area contributed by atoms with Crippen LogP contribution in [0.4, 0.5) is 5.82 Å². The molecule has 0 aliphatic heterocycles. The highest BCUT2D eigenvalue weighted by molar-refractivity contribution is 5.41. The third kappa shape index (κ3) is 1.88. The van der Waals surface area contributed by atoms with E-state index >= 15 is 0 Å². The number of aryl methyl sites for hydroxylation is 1. The molecule has 0 aromatic carbocycles. The van der Waals surface area contributed by atoms with E-state index in [-0.39, 0.29) is 0 Å². The van der Waals surface area contributed by atoms with Gasteiger partial charge in [0.15, 0.2) is 0 Å². The molecular formula is C14H15N3. The molecule has 0 radical (unpaired) electrons. The lowest BCUT2D eigenvalue weighted by Crippen LogP contribution is -2.04. The quantitative estimate of drug-likeness (QED) is 0.853. The number of pyridine rings is 2. The minimum absolute atomic E-state index is 0.498. The average molecular weight is 225 g/mol. The van der Waals surface area contributed by atoms with Gasteiger partial charge in [0.25, 0.3) is 0 Å². The Bertz CT molecular complexity index is 536. The molecule has 1 aliphatic carbocycles. The van der Waals surface area contributed by atoms with Crippen molar-refractivity contribution in [3.05, 3.63) is 53.5 Å². The van der Waals surface area contributed by atoms with Gasteiger partial charge in [-0.3, -0.25) is 4.98 Å². The average Bonchev–Trinajstić information content (AvgIpc) is 2.76. The van der Waals surface area contributed by atoms with Crippen LogP contribution >= 0.6 is 0 Å². The van der Waals surface area contributed by atoms with Gasteiger partial charge in [0.05, 0.1) is 0 Å². The molecule has 0 fully saturated rings. The Kier molecular flexibility index (Phi) is 2.52. The predicted molar refractivity (Wildman–Crippen MR) is 67.7 cm³/mol. The summed E-state index contributed by atoms with van der Waals surface area (Å²) < 4.78 is 0. The van der Waals surface area contributed by atoms with E-state index < -0.39 is 0 Å². The molecule has 3 nitrogen and oxygen atoms in total. The van der Waals surface area contributed by atoms with Crippen molar-refractivity contribution >= 4 is 5.82 Å². The molecule has 2 N–H and O–H groups in total. The van der Waals surface area contributed by atoms with E-state index in [0.717, 1.165) is 18.4 Å². The molecule has 2 heterocycles. The summed E-state index contributed by atoms with van der Waals surface area (Å²) in [5, 5.41) is 0. The van der Waals surface area contributed by atoms with Gasteiger partial charge in [-0.15, -0.1) is 0 Å². The summed E-state index contributed by atoms with van der Waals surface area (Å²) in [4.78, 5) is 8.64. The van der Waals surface area contributed by atoms with Crippen molar-refractivity contribution in [3.63, 3.8) is 0 Å². The lowest BCUT2D eigenvalue weighted by atomic mass is 9.97. The van der Waals surface area contributed by atoms with Crippen molar-refractivity contribution in [2.24, 2.45) is 0 Å². The predicted octanol–water partition coefficient (Wildman–Crippen LogP) is 2.33. The number of nitrogen functional groups attached to an aromatic ring is 1. The Morgan fingerprint density at radius 3 is 2.88 bits per heavy atom. The molecule has 86 valence electrons.